The first-order valence-corrected chi connectivity index (χ1v) is 9.95. The molecule has 2 heterocycles. The molecule has 0 radical (unpaired) electrons. The first kappa shape index (κ1) is 19.5. The van der Waals surface area contributed by atoms with Gasteiger partial charge in [0.05, 0.1) is 12.8 Å². The zero-order chi connectivity index (χ0) is 20.2. The second kappa shape index (κ2) is 8.68. The molecule has 0 unspecified atom stereocenters. The van der Waals surface area contributed by atoms with Crippen molar-refractivity contribution in [3.63, 3.8) is 0 Å². The van der Waals surface area contributed by atoms with Crippen molar-refractivity contribution < 1.29 is 4.74 Å². The SMILES string of the molecule is COc1cccc([C@@H]2CNC[C@H]2c2cc(=O)[nH]c(NCc3ccccc3Cl)n2)c1. The van der Waals surface area contributed by atoms with E-state index in [4.69, 9.17) is 21.3 Å². The van der Waals surface area contributed by atoms with Crippen LogP contribution in [0.15, 0.2) is 59.4 Å². The maximum atomic E-state index is 12.3. The molecular formula is C22H23ClN4O2. The second-order valence-corrected chi connectivity index (χ2v) is 7.52. The van der Waals surface area contributed by atoms with Crippen LogP contribution in [0.5, 0.6) is 5.75 Å². The van der Waals surface area contributed by atoms with Crippen molar-refractivity contribution in [1.29, 1.82) is 0 Å². The van der Waals surface area contributed by atoms with Crippen LogP contribution in [0.4, 0.5) is 5.95 Å². The quantitative estimate of drug-likeness (QED) is 0.579. The molecule has 150 valence electrons. The van der Waals surface area contributed by atoms with E-state index in [0.717, 1.165) is 30.1 Å². The van der Waals surface area contributed by atoms with E-state index in [1.807, 2.05) is 36.4 Å². The number of aromatic nitrogens is 2. The Balaban J connectivity index is 1.57. The summed E-state index contributed by atoms with van der Waals surface area (Å²) in [5.41, 5.74) is 2.71. The van der Waals surface area contributed by atoms with Crippen LogP contribution in [0, 0.1) is 0 Å². The van der Waals surface area contributed by atoms with Crippen molar-refractivity contribution >= 4 is 17.5 Å². The molecule has 0 saturated carbocycles. The lowest BCUT2D eigenvalue weighted by Crippen LogP contribution is -2.18. The second-order valence-electron chi connectivity index (χ2n) is 7.11. The van der Waals surface area contributed by atoms with Crippen molar-refractivity contribution in [2.45, 2.75) is 18.4 Å². The minimum atomic E-state index is -0.173. The smallest absolute Gasteiger partial charge is 0.252 e. The van der Waals surface area contributed by atoms with Crippen LogP contribution in [0.25, 0.3) is 0 Å². The molecule has 0 aliphatic carbocycles. The van der Waals surface area contributed by atoms with Gasteiger partial charge in [-0.1, -0.05) is 41.9 Å². The highest BCUT2D eigenvalue weighted by Gasteiger charge is 2.31. The van der Waals surface area contributed by atoms with Gasteiger partial charge in [0.2, 0.25) is 5.95 Å². The number of ether oxygens (including phenoxy) is 1. The van der Waals surface area contributed by atoms with Crippen LogP contribution in [0.3, 0.4) is 0 Å². The fourth-order valence-corrected chi connectivity index (χ4v) is 3.99. The predicted molar refractivity (Wildman–Crippen MR) is 115 cm³/mol. The standard InChI is InChI=1S/C22H23ClN4O2/c1-29-16-7-4-6-14(9-16)17-12-24-13-18(17)20-10-21(28)27-22(26-20)25-11-15-5-2-3-8-19(15)23/h2-10,17-18,24H,11-13H2,1H3,(H2,25,26,27,28)/t17-,18+/m0/s1. The minimum Gasteiger partial charge on any atom is -0.497 e. The van der Waals surface area contributed by atoms with Crippen LogP contribution in [-0.4, -0.2) is 30.2 Å². The molecule has 1 fully saturated rings. The van der Waals surface area contributed by atoms with Gasteiger partial charge < -0.3 is 15.4 Å². The van der Waals surface area contributed by atoms with Crippen molar-refractivity contribution in [1.82, 2.24) is 15.3 Å². The summed E-state index contributed by atoms with van der Waals surface area (Å²) in [6, 6.07) is 17.3. The average molecular weight is 411 g/mol. The molecule has 3 aromatic rings. The van der Waals surface area contributed by atoms with Gasteiger partial charge in [-0.2, -0.15) is 0 Å². The number of nitrogens with zero attached hydrogens (tertiary/aromatic N) is 1. The molecule has 6 nitrogen and oxygen atoms in total. The van der Waals surface area contributed by atoms with Crippen molar-refractivity contribution in [3.05, 3.63) is 86.8 Å². The lowest BCUT2D eigenvalue weighted by Gasteiger charge is -2.19. The van der Waals surface area contributed by atoms with Gasteiger partial charge in [0.1, 0.15) is 5.75 Å². The molecule has 1 aliphatic heterocycles. The molecule has 0 spiro atoms. The van der Waals surface area contributed by atoms with Crippen molar-refractivity contribution in [2.24, 2.45) is 0 Å². The zero-order valence-corrected chi connectivity index (χ0v) is 16.9. The lowest BCUT2D eigenvalue weighted by atomic mass is 9.86. The van der Waals surface area contributed by atoms with E-state index in [9.17, 15) is 4.79 Å². The Morgan fingerprint density at radius 1 is 1.14 bits per heavy atom. The summed E-state index contributed by atoms with van der Waals surface area (Å²) in [4.78, 5) is 19.8. The van der Waals surface area contributed by atoms with Gasteiger partial charge in [0, 0.05) is 42.6 Å². The van der Waals surface area contributed by atoms with E-state index in [-0.39, 0.29) is 17.4 Å². The van der Waals surface area contributed by atoms with Crippen LogP contribution < -0.4 is 20.9 Å². The van der Waals surface area contributed by atoms with Gasteiger partial charge in [-0.15, -0.1) is 0 Å². The molecule has 2 atom stereocenters. The van der Waals surface area contributed by atoms with Crippen molar-refractivity contribution in [3.8, 4) is 5.75 Å². The van der Waals surface area contributed by atoms with E-state index < -0.39 is 0 Å². The van der Waals surface area contributed by atoms with Crippen molar-refractivity contribution in [2.75, 3.05) is 25.5 Å². The van der Waals surface area contributed by atoms with Gasteiger partial charge in [0.25, 0.3) is 5.56 Å². The molecule has 1 aliphatic rings. The molecule has 4 rings (SSSR count). The Labute approximate surface area is 174 Å². The van der Waals surface area contributed by atoms with Gasteiger partial charge in [0.15, 0.2) is 0 Å². The van der Waals surface area contributed by atoms with Crippen LogP contribution in [0.1, 0.15) is 28.7 Å². The summed E-state index contributed by atoms with van der Waals surface area (Å²) >= 11 is 6.22. The Kier molecular flexibility index (Phi) is 5.83. The Bertz CT molecular complexity index is 1050. The number of aromatic amines is 1. The molecular weight excluding hydrogens is 388 g/mol. The van der Waals surface area contributed by atoms with E-state index in [1.165, 1.54) is 5.56 Å². The molecule has 0 bridgehead atoms. The number of benzene rings is 2. The third kappa shape index (κ3) is 4.44. The Morgan fingerprint density at radius 2 is 1.97 bits per heavy atom. The minimum absolute atomic E-state index is 0.102. The third-order valence-electron chi connectivity index (χ3n) is 5.28. The number of rotatable bonds is 6. The van der Waals surface area contributed by atoms with Gasteiger partial charge in [-0.3, -0.25) is 9.78 Å². The normalized spacial score (nSPS) is 18.6. The summed E-state index contributed by atoms with van der Waals surface area (Å²) in [5.74, 6) is 1.60. The number of methoxy groups -OCH3 is 1. The number of nitrogens with one attached hydrogen (secondary N) is 3. The van der Waals surface area contributed by atoms with E-state index in [0.29, 0.717) is 17.5 Å². The number of H-pyrrole nitrogens is 1. The zero-order valence-electron chi connectivity index (χ0n) is 16.1. The topological polar surface area (TPSA) is 79.0 Å². The first-order valence-electron chi connectivity index (χ1n) is 9.57. The molecule has 0 amide bonds. The maximum Gasteiger partial charge on any atom is 0.252 e. The molecule has 2 aromatic carbocycles. The summed E-state index contributed by atoms with van der Waals surface area (Å²) in [5, 5.41) is 7.30. The molecule has 3 N–H and O–H groups in total. The average Bonchev–Trinajstić information content (AvgIpc) is 3.23. The number of hydrogen-bond donors (Lipinski definition) is 3. The largest absolute Gasteiger partial charge is 0.497 e. The number of hydrogen-bond acceptors (Lipinski definition) is 5. The molecule has 1 aromatic heterocycles. The van der Waals surface area contributed by atoms with Gasteiger partial charge in [-0.25, -0.2) is 4.98 Å². The highest BCUT2D eigenvalue weighted by molar-refractivity contribution is 6.31. The van der Waals surface area contributed by atoms with E-state index in [2.05, 4.69) is 27.8 Å². The highest BCUT2D eigenvalue weighted by atomic mass is 35.5. The van der Waals surface area contributed by atoms with E-state index >= 15 is 0 Å². The first-order chi connectivity index (χ1) is 14.1. The van der Waals surface area contributed by atoms with Crippen LogP contribution >= 0.6 is 11.6 Å². The summed E-state index contributed by atoms with van der Waals surface area (Å²) < 4.78 is 5.37. The van der Waals surface area contributed by atoms with E-state index in [1.54, 1.807) is 13.2 Å². The number of halogens is 1. The Hall–Kier alpha value is -2.83. The Morgan fingerprint density at radius 3 is 2.79 bits per heavy atom. The number of anilines is 1. The third-order valence-corrected chi connectivity index (χ3v) is 5.65. The summed E-state index contributed by atoms with van der Waals surface area (Å²) in [7, 11) is 1.67. The van der Waals surface area contributed by atoms with Crippen LogP contribution in [0.2, 0.25) is 5.02 Å². The van der Waals surface area contributed by atoms with Gasteiger partial charge in [-0.05, 0) is 29.3 Å². The summed E-state index contributed by atoms with van der Waals surface area (Å²) in [6.07, 6.45) is 0. The maximum absolute atomic E-state index is 12.3. The van der Waals surface area contributed by atoms with Gasteiger partial charge >= 0.3 is 0 Å². The molecule has 7 heteroatoms. The lowest BCUT2D eigenvalue weighted by molar-refractivity contribution is 0.413. The predicted octanol–water partition coefficient (Wildman–Crippen LogP) is 3.51. The fourth-order valence-electron chi connectivity index (χ4n) is 3.78. The van der Waals surface area contributed by atoms with Crippen LogP contribution in [-0.2, 0) is 6.54 Å². The molecule has 1 saturated heterocycles. The molecule has 29 heavy (non-hydrogen) atoms. The summed E-state index contributed by atoms with van der Waals surface area (Å²) in [6.45, 7) is 2.07. The fraction of sp³-hybridized carbons (Fsp3) is 0.273. The monoisotopic (exact) mass is 410 g/mol. The highest BCUT2D eigenvalue weighted by Crippen LogP contribution is 2.36.